The molecule has 0 aromatic heterocycles. The van der Waals surface area contributed by atoms with E-state index in [1.165, 1.54) is 0 Å². The predicted octanol–water partition coefficient (Wildman–Crippen LogP) is 2.77. The zero-order valence-electron chi connectivity index (χ0n) is 11.2. The van der Waals surface area contributed by atoms with Gasteiger partial charge in [0.1, 0.15) is 5.78 Å². The summed E-state index contributed by atoms with van der Waals surface area (Å²) in [6.45, 7) is 13.2. The average molecular weight is 214 g/mol. The molecule has 3 nitrogen and oxygen atoms in total. The van der Waals surface area contributed by atoms with Gasteiger partial charge in [-0.3, -0.25) is 4.79 Å². The van der Waals surface area contributed by atoms with Gasteiger partial charge < -0.3 is 11.1 Å². The maximum Gasteiger partial charge on any atom is 0.143 e. The normalized spacial score (nSPS) is 11.5. The first-order chi connectivity index (χ1) is 6.34. The molecule has 0 amide bonds. The number of hydrogen-bond acceptors (Lipinski definition) is 3. The highest BCUT2D eigenvalue weighted by Gasteiger charge is 2.20. The van der Waals surface area contributed by atoms with E-state index >= 15 is 0 Å². The van der Waals surface area contributed by atoms with Crippen LogP contribution >= 0.6 is 0 Å². The molecule has 0 unspecified atom stereocenters. The molecule has 3 heteroatoms. The minimum absolute atomic E-state index is 0. The number of rotatable bonds is 2. The number of nitrogens with two attached hydrogens (primary N) is 1. The Balaban J connectivity index is 0. The minimum atomic E-state index is -0.289. The van der Waals surface area contributed by atoms with Gasteiger partial charge in [0.15, 0.2) is 0 Å². The number of carbonyl (C=O) groups excluding carboxylic acids is 1. The summed E-state index contributed by atoms with van der Waals surface area (Å²) in [5.74, 6) is 0.139. The Kier molecular flexibility index (Phi) is 6.70. The highest BCUT2D eigenvalue weighted by atomic mass is 16.1. The van der Waals surface area contributed by atoms with Gasteiger partial charge >= 0.3 is 0 Å². The summed E-state index contributed by atoms with van der Waals surface area (Å²) in [5, 5.41) is 7.08. The van der Waals surface area contributed by atoms with Crippen LogP contribution in [0.5, 0.6) is 0 Å². The largest absolute Gasteiger partial charge is 0.326 e. The third-order valence-corrected chi connectivity index (χ3v) is 1.26. The second kappa shape index (κ2) is 6.01. The molecule has 0 bridgehead atoms. The van der Waals surface area contributed by atoms with E-state index in [-0.39, 0.29) is 16.7 Å². The van der Waals surface area contributed by atoms with Crippen LogP contribution < -0.4 is 5.73 Å². The minimum Gasteiger partial charge on any atom is -0.326 e. The highest BCUT2D eigenvalue weighted by Crippen LogP contribution is 2.16. The van der Waals surface area contributed by atoms with Crippen LogP contribution in [-0.4, -0.2) is 17.0 Å². The second-order valence-corrected chi connectivity index (χ2v) is 6.00. The summed E-state index contributed by atoms with van der Waals surface area (Å²) in [6, 6.07) is 0. The molecule has 0 aromatic rings. The third-order valence-electron chi connectivity index (χ3n) is 1.26. The molecule has 0 fully saturated rings. The predicted molar refractivity (Wildman–Crippen MR) is 66.4 cm³/mol. The van der Waals surface area contributed by atoms with Crippen LogP contribution in [0.25, 0.3) is 0 Å². The zero-order valence-corrected chi connectivity index (χ0v) is 11.2. The fourth-order valence-electron chi connectivity index (χ4n) is 0.506. The van der Waals surface area contributed by atoms with Gasteiger partial charge in [-0.1, -0.05) is 20.8 Å². The lowest BCUT2D eigenvalue weighted by Gasteiger charge is -2.15. The average Bonchev–Trinajstić information content (AvgIpc) is 1.78. The standard InChI is InChI=1S/C8H15NO.C4H11N/c1-6(9)5-7(10)8(2,3)4;1-4(2,3)5/h9H,5H2,1-4H3;5H2,1-3H3. The SMILES string of the molecule is CC(=N)CC(=O)C(C)(C)C.CC(C)(C)N. The molecule has 3 N–H and O–H groups in total. The molecule has 0 spiro atoms. The van der Waals surface area contributed by atoms with Crippen LogP contribution in [0, 0.1) is 10.8 Å². The quantitative estimate of drug-likeness (QED) is 0.694. The van der Waals surface area contributed by atoms with E-state index in [2.05, 4.69) is 0 Å². The first-order valence-electron chi connectivity index (χ1n) is 5.20. The maximum absolute atomic E-state index is 11.1. The van der Waals surface area contributed by atoms with Crippen molar-refractivity contribution in [2.75, 3.05) is 0 Å². The van der Waals surface area contributed by atoms with Gasteiger partial charge in [-0.15, -0.1) is 0 Å². The Hall–Kier alpha value is -0.700. The monoisotopic (exact) mass is 214 g/mol. The van der Waals surface area contributed by atoms with Gasteiger partial charge in [0, 0.05) is 23.1 Å². The van der Waals surface area contributed by atoms with Gasteiger partial charge in [-0.2, -0.15) is 0 Å². The zero-order chi connectivity index (χ0) is 12.9. The van der Waals surface area contributed by atoms with Crippen molar-refractivity contribution in [2.24, 2.45) is 11.1 Å². The first-order valence-corrected chi connectivity index (χ1v) is 5.20. The molecule has 0 saturated carbocycles. The molecule has 0 aliphatic carbocycles. The summed E-state index contributed by atoms with van der Waals surface area (Å²) in [6.07, 6.45) is 0.295. The molecule has 0 aliphatic rings. The highest BCUT2D eigenvalue weighted by molar-refractivity contribution is 6.01. The van der Waals surface area contributed by atoms with E-state index in [4.69, 9.17) is 11.1 Å². The molecule has 0 aliphatic heterocycles. The Bertz CT molecular complexity index is 213. The van der Waals surface area contributed by atoms with Crippen LogP contribution in [0.4, 0.5) is 0 Å². The summed E-state index contributed by atoms with van der Waals surface area (Å²) in [7, 11) is 0. The summed E-state index contributed by atoms with van der Waals surface area (Å²) in [4.78, 5) is 11.1. The van der Waals surface area contributed by atoms with Gasteiger partial charge in [0.05, 0.1) is 0 Å². The number of nitrogens with one attached hydrogen (secondary N) is 1. The molecule has 90 valence electrons. The van der Waals surface area contributed by atoms with Crippen LogP contribution in [0.3, 0.4) is 0 Å². The van der Waals surface area contributed by atoms with Crippen molar-refractivity contribution in [3.05, 3.63) is 0 Å². The number of Topliss-reactive ketones (excluding diaryl/α,β-unsaturated/α-hetero) is 1. The molecular formula is C12H26N2O. The Morgan fingerprint density at radius 1 is 1.13 bits per heavy atom. The number of hydrogen-bond donors (Lipinski definition) is 2. The first kappa shape index (κ1) is 16.7. The molecule has 0 aromatic carbocycles. The lowest BCUT2D eigenvalue weighted by atomic mass is 9.88. The van der Waals surface area contributed by atoms with Gasteiger partial charge in [-0.25, -0.2) is 0 Å². The fraction of sp³-hybridized carbons (Fsp3) is 0.833. The van der Waals surface area contributed by atoms with E-state index < -0.39 is 0 Å². The summed E-state index contributed by atoms with van der Waals surface area (Å²) < 4.78 is 0. The lowest BCUT2D eigenvalue weighted by Crippen LogP contribution is -2.26. The molecule has 0 saturated heterocycles. The van der Waals surface area contributed by atoms with Crippen molar-refractivity contribution >= 4 is 11.5 Å². The van der Waals surface area contributed by atoms with E-state index in [1.807, 2.05) is 41.5 Å². The van der Waals surface area contributed by atoms with Gasteiger partial charge in [0.25, 0.3) is 0 Å². The molecule has 0 atom stereocenters. The third kappa shape index (κ3) is 19.6. The molecular weight excluding hydrogens is 188 g/mol. The number of carbonyl (C=O) groups is 1. The summed E-state index contributed by atoms with van der Waals surface area (Å²) in [5.41, 5.74) is 5.51. The van der Waals surface area contributed by atoms with Crippen molar-refractivity contribution in [3.63, 3.8) is 0 Å². The topological polar surface area (TPSA) is 66.9 Å². The smallest absolute Gasteiger partial charge is 0.143 e. The van der Waals surface area contributed by atoms with E-state index in [0.717, 1.165) is 0 Å². The van der Waals surface area contributed by atoms with Crippen molar-refractivity contribution in [1.82, 2.24) is 0 Å². The Morgan fingerprint density at radius 2 is 1.40 bits per heavy atom. The molecule has 0 rings (SSSR count). The van der Waals surface area contributed by atoms with Crippen LogP contribution in [0.15, 0.2) is 0 Å². The van der Waals surface area contributed by atoms with Crippen LogP contribution in [0.1, 0.15) is 54.9 Å². The second-order valence-electron chi connectivity index (χ2n) is 6.00. The van der Waals surface area contributed by atoms with Gasteiger partial charge in [-0.05, 0) is 27.7 Å². The molecule has 0 radical (unpaired) electrons. The fourth-order valence-corrected chi connectivity index (χ4v) is 0.506. The molecule has 0 heterocycles. The van der Waals surface area contributed by atoms with Crippen molar-refractivity contribution in [2.45, 2.75) is 60.4 Å². The lowest BCUT2D eigenvalue weighted by molar-refractivity contribution is -0.125. The van der Waals surface area contributed by atoms with E-state index in [9.17, 15) is 4.79 Å². The van der Waals surface area contributed by atoms with Crippen molar-refractivity contribution in [1.29, 1.82) is 5.41 Å². The van der Waals surface area contributed by atoms with E-state index in [0.29, 0.717) is 12.1 Å². The maximum atomic E-state index is 11.1. The van der Waals surface area contributed by atoms with Crippen LogP contribution in [0.2, 0.25) is 0 Å². The van der Waals surface area contributed by atoms with Crippen LogP contribution in [-0.2, 0) is 4.79 Å². The number of ketones is 1. The van der Waals surface area contributed by atoms with Crippen molar-refractivity contribution in [3.8, 4) is 0 Å². The Morgan fingerprint density at radius 3 is 1.47 bits per heavy atom. The van der Waals surface area contributed by atoms with Crippen molar-refractivity contribution < 1.29 is 4.79 Å². The Labute approximate surface area is 93.9 Å². The summed E-state index contributed by atoms with van der Waals surface area (Å²) >= 11 is 0. The van der Waals surface area contributed by atoms with Gasteiger partial charge in [0.2, 0.25) is 0 Å². The van der Waals surface area contributed by atoms with E-state index in [1.54, 1.807) is 6.92 Å². The molecule has 15 heavy (non-hydrogen) atoms.